The zero-order valence-electron chi connectivity index (χ0n) is 10.4. The fourth-order valence-corrected chi connectivity index (χ4v) is 2.82. The Bertz CT molecular complexity index is 776. The van der Waals surface area contributed by atoms with E-state index in [0.717, 1.165) is 15.6 Å². The van der Waals surface area contributed by atoms with Gasteiger partial charge in [-0.2, -0.15) is 0 Å². The zero-order valence-corrected chi connectivity index (χ0v) is 11.2. The first-order chi connectivity index (χ1) is 9.29. The molecule has 0 fully saturated rings. The predicted molar refractivity (Wildman–Crippen MR) is 76.0 cm³/mol. The van der Waals surface area contributed by atoms with Gasteiger partial charge in [0.15, 0.2) is 0 Å². The highest BCUT2D eigenvalue weighted by molar-refractivity contribution is 7.17. The molecule has 0 amide bonds. The van der Waals surface area contributed by atoms with Gasteiger partial charge in [0.25, 0.3) is 5.56 Å². The highest BCUT2D eigenvalue weighted by atomic mass is 32.1. The van der Waals surface area contributed by atoms with Crippen LogP contribution in [0.1, 0.15) is 5.56 Å². The Morgan fingerprint density at radius 1 is 1.37 bits per heavy atom. The summed E-state index contributed by atoms with van der Waals surface area (Å²) >= 11 is 1.57. The van der Waals surface area contributed by atoms with Crippen molar-refractivity contribution < 1.29 is 4.74 Å². The van der Waals surface area contributed by atoms with E-state index in [4.69, 9.17) is 4.74 Å². The average Bonchev–Trinajstić information content (AvgIpc) is 2.92. The number of methoxy groups -OCH3 is 1. The van der Waals surface area contributed by atoms with E-state index >= 15 is 0 Å². The number of nitrogens with zero attached hydrogens (tertiary/aromatic N) is 2. The molecule has 0 spiro atoms. The molecule has 0 unspecified atom stereocenters. The van der Waals surface area contributed by atoms with E-state index in [2.05, 4.69) is 4.98 Å². The number of aromatic nitrogens is 2. The van der Waals surface area contributed by atoms with Crippen molar-refractivity contribution in [1.29, 1.82) is 0 Å². The number of hydrogen-bond acceptors (Lipinski definition) is 4. The maximum absolute atomic E-state index is 12.3. The van der Waals surface area contributed by atoms with Crippen LogP contribution in [0.3, 0.4) is 0 Å². The SMILES string of the molecule is COc1ncccc1Cn1ccc2sccc2c1=O. The van der Waals surface area contributed by atoms with Crippen molar-refractivity contribution in [2.45, 2.75) is 6.54 Å². The molecule has 0 bridgehead atoms. The molecular weight excluding hydrogens is 260 g/mol. The molecule has 0 N–H and O–H groups in total. The second-order valence-electron chi connectivity index (χ2n) is 4.12. The van der Waals surface area contributed by atoms with Crippen LogP contribution in [0.4, 0.5) is 0 Å². The zero-order chi connectivity index (χ0) is 13.2. The molecule has 3 heterocycles. The van der Waals surface area contributed by atoms with Crippen molar-refractivity contribution >= 4 is 21.4 Å². The van der Waals surface area contributed by atoms with Crippen LogP contribution in [-0.2, 0) is 6.54 Å². The summed E-state index contributed by atoms with van der Waals surface area (Å²) in [7, 11) is 1.58. The lowest BCUT2D eigenvalue weighted by Crippen LogP contribution is -2.19. The van der Waals surface area contributed by atoms with E-state index < -0.39 is 0 Å². The van der Waals surface area contributed by atoms with Crippen molar-refractivity contribution in [2.75, 3.05) is 7.11 Å². The van der Waals surface area contributed by atoms with E-state index in [0.29, 0.717) is 12.4 Å². The molecule has 0 saturated heterocycles. The van der Waals surface area contributed by atoms with Crippen molar-refractivity contribution in [3.05, 3.63) is 58.0 Å². The molecule has 0 aromatic carbocycles. The van der Waals surface area contributed by atoms with Crippen LogP contribution < -0.4 is 10.3 Å². The first kappa shape index (κ1) is 11.9. The van der Waals surface area contributed by atoms with Crippen LogP contribution in [0.5, 0.6) is 5.88 Å². The maximum atomic E-state index is 12.3. The largest absolute Gasteiger partial charge is 0.481 e. The molecule has 0 radical (unpaired) electrons. The maximum Gasteiger partial charge on any atom is 0.259 e. The summed E-state index contributed by atoms with van der Waals surface area (Å²) in [4.78, 5) is 16.4. The van der Waals surface area contributed by atoms with E-state index in [1.807, 2.05) is 35.8 Å². The lowest BCUT2D eigenvalue weighted by molar-refractivity contribution is 0.391. The second kappa shape index (κ2) is 4.85. The minimum atomic E-state index is 0.0182. The number of pyridine rings is 2. The smallest absolute Gasteiger partial charge is 0.259 e. The summed E-state index contributed by atoms with van der Waals surface area (Å²) in [5, 5.41) is 2.69. The number of ether oxygens (including phenoxy) is 1. The third-order valence-electron chi connectivity index (χ3n) is 2.98. The van der Waals surface area contributed by atoms with Crippen LogP contribution >= 0.6 is 11.3 Å². The van der Waals surface area contributed by atoms with Crippen molar-refractivity contribution in [1.82, 2.24) is 9.55 Å². The quantitative estimate of drug-likeness (QED) is 0.736. The molecule has 19 heavy (non-hydrogen) atoms. The summed E-state index contributed by atoms with van der Waals surface area (Å²) in [5.74, 6) is 0.555. The Labute approximate surface area is 113 Å². The van der Waals surface area contributed by atoms with E-state index in [-0.39, 0.29) is 5.56 Å². The number of fused-ring (bicyclic) bond motifs is 1. The lowest BCUT2D eigenvalue weighted by atomic mass is 10.2. The molecular formula is C14H12N2O2S. The van der Waals surface area contributed by atoms with Crippen molar-refractivity contribution in [3.8, 4) is 5.88 Å². The number of thiophene rings is 1. The summed E-state index contributed by atoms with van der Waals surface area (Å²) in [6.07, 6.45) is 3.49. The molecule has 3 rings (SSSR count). The molecule has 3 aromatic rings. The normalized spacial score (nSPS) is 10.8. The Balaban J connectivity index is 2.06. The second-order valence-corrected chi connectivity index (χ2v) is 5.07. The third-order valence-corrected chi connectivity index (χ3v) is 3.86. The number of hydrogen-bond donors (Lipinski definition) is 0. The van der Waals surface area contributed by atoms with Gasteiger partial charge in [-0.1, -0.05) is 6.07 Å². The van der Waals surface area contributed by atoms with Gasteiger partial charge in [-0.15, -0.1) is 11.3 Å². The average molecular weight is 272 g/mol. The van der Waals surface area contributed by atoms with Gasteiger partial charge in [-0.05, 0) is 23.6 Å². The lowest BCUT2D eigenvalue weighted by Gasteiger charge is -2.09. The fraction of sp³-hybridized carbons (Fsp3) is 0.143. The number of rotatable bonds is 3. The van der Waals surface area contributed by atoms with Gasteiger partial charge >= 0.3 is 0 Å². The van der Waals surface area contributed by atoms with Crippen molar-refractivity contribution in [3.63, 3.8) is 0 Å². The van der Waals surface area contributed by atoms with Crippen molar-refractivity contribution in [2.24, 2.45) is 0 Å². The summed E-state index contributed by atoms with van der Waals surface area (Å²) in [6.45, 7) is 0.460. The van der Waals surface area contributed by atoms with Gasteiger partial charge in [-0.3, -0.25) is 4.79 Å². The Kier molecular flexibility index (Phi) is 3.05. The molecule has 0 aliphatic heterocycles. The van der Waals surface area contributed by atoms with Crippen LogP contribution in [0.15, 0.2) is 46.8 Å². The Morgan fingerprint density at radius 2 is 2.26 bits per heavy atom. The summed E-state index contributed by atoms with van der Waals surface area (Å²) < 4.78 is 7.89. The Morgan fingerprint density at radius 3 is 3.11 bits per heavy atom. The highest BCUT2D eigenvalue weighted by Gasteiger charge is 2.07. The Hall–Kier alpha value is -2.14. The van der Waals surface area contributed by atoms with E-state index in [1.165, 1.54) is 0 Å². The van der Waals surface area contributed by atoms with Gasteiger partial charge in [0.2, 0.25) is 5.88 Å². The standard InChI is InChI=1S/C14H12N2O2S/c1-18-13-10(3-2-6-15-13)9-16-7-4-12-11(14(16)17)5-8-19-12/h2-8H,9H2,1H3. The molecule has 0 saturated carbocycles. The topological polar surface area (TPSA) is 44.1 Å². The molecule has 3 aromatic heterocycles. The van der Waals surface area contributed by atoms with Gasteiger partial charge in [0, 0.05) is 22.7 Å². The van der Waals surface area contributed by atoms with Gasteiger partial charge in [0.1, 0.15) is 0 Å². The van der Waals surface area contributed by atoms with Crippen LogP contribution in [0.25, 0.3) is 10.1 Å². The van der Waals surface area contributed by atoms with Gasteiger partial charge in [0.05, 0.1) is 19.0 Å². The van der Waals surface area contributed by atoms with Crippen LogP contribution in [-0.4, -0.2) is 16.7 Å². The molecule has 96 valence electrons. The van der Waals surface area contributed by atoms with Gasteiger partial charge < -0.3 is 9.30 Å². The van der Waals surface area contributed by atoms with Gasteiger partial charge in [-0.25, -0.2) is 4.98 Å². The molecule has 5 heteroatoms. The fourth-order valence-electron chi connectivity index (χ4n) is 2.04. The first-order valence-corrected chi connectivity index (χ1v) is 6.72. The molecule has 0 aliphatic carbocycles. The molecule has 4 nitrogen and oxygen atoms in total. The highest BCUT2D eigenvalue weighted by Crippen LogP contribution is 2.18. The first-order valence-electron chi connectivity index (χ1n) is 5.84. The summed E-state index contributed by atoms with van der Waals surface area (Å²) in [5.41, 5.74) is 0.909. The molecule has 0 atom stereocenters. The van der Waals surface area contributed by atoms with E-state index in [1.54, 1.807) is 29.2 Å². The third kappa shape index (κ3) is 2.13. The summed E-state index contributed by atoms with van der Waals surface area (Å²) in [6, 6.07) is 7.58. The minimum absolute atomic E-state index is 0.0182. The monoisotopic (exact) mass is 272 g/mol. The van der Waals surface area contributed by atoms with Crippen LogP contribution in [0.2, 0.25) is 0 Å². The predicted octanol–water partition coefficient (Wildman–Crippen LogP) is 2.51. The van der Waals surface area contributed by atoms with E-state index in [9.17, 15) is 4.79 Å². The van der Waals surface area contributed by atoms with Crippen LogP contribution in [0, 0.1) is 0 Å². The molecule has 0 aliphatic rings. The minimum Gasteiger partial charge on any atom is -0.481 e.